The lowest BCUT2D eigenvalue weighted by molar-refractivity contribution is -0.130. The van der Waals surface area contributed by atoms with Crippen molar-refractivity contribution >= 4 is 29.2 Å². The number of hydrogen-bond donors (Lipinski definition) is 3. The minimum absolute atomic E-state index is 0.181. The quantitative estimate of drug-likeness (QED) is 0.322. The maximum Gasteiger partial charge on any atom is 0.341 e. The average Bonchev–Trinajstić information content (AvgIpc) is 3.35. The largest absolute Gasteiger partial charge is 0.467 e. The Hall–Kier alpha value is -4.28. The van der Waals surface area contributed by atoms with Crippen LogP contribution in [0.15, 0.2) is 59.2 Å². The smallest absolute Gasteiger partial charge is 0.341 e. The maximum atomic E-state index is 13.6. The Morgan fingerprint density at radius 1 is 0.971 bits per heavy atom. The first-order valence-electron chi connectivity index (χ1n) is 10.0. The van der Waals surface area contributed by atoms with E-state index in [1.165, 1.54) is 19.3 Å². The van der Waals surface area contributed by atoms with Crippen molar-refractivity contribution in [2.24, 2.45) is 0 Å². The van der Waals surface area contributed by atoms with Gasteiger partial charge in [0.25, 0.3) is 5.91 Å². The van der Waals surface area contributed by atoms with Gasteiger partial charge in [0, 0.05) is 5.69 Å². The van der Waals surface area contributed by atoms with Crippen molar-refractivity contribution in [3.8, 4) is 0 Å². The van der Waals surface area contributed by atoms with E-state index in [9.17, 15) is 27.6 Å². The third-order valence-corrected chi connectivity index (χ3v) is 4.57. The number of nitrogens with one attached hydrogen (secondary N) is 3. The molecule has 11 heteroatoms. The summed E-state index contributed by atoms with van der Waals surface area (Å²) in [7, 11) is 0. The number of benzene rings is 2. The summed E-state index contributed by atoms with van der Waals surface area (Å²) in [6.45, 7) is 1.00. The molecule has 2 aromatic carbocycles. The van der Waals surface area contributed by atoms with Crippen LogP contribution in [0.5, 0.6) is 0 Å². The fraction of sp³-hybridized carbons (Fsp3) is 0.174. The third-order valence-electron chi connectivity index (χ3n) is 4.57. The number of carbonyl (C=O) groups is 3. The van der Waals surface area contributed by atoms with Crippen LogP contribution in [-0.2, 0) is 20.9 Å². The van der Waals surface area contributed by atoms with E-state index in [4.69, 9.17) is 9.15 Å². The fourth-order valence-corrected chi connectivity index (χ4v) is 2.82. The summed E-state index contributed by atoms with van der Waals surface area (Å²) in [5.74, 6) is -6.53. The van der Waals surface area contributed by atoms with Crippen LogP contribution in [0.1, 0.15) is 23.0 Å². The predicted octanol–water partition coefficient (Wildman–Crippen LogP) is 3.61. The predicted molar refractivity (Wildman–Crippen MR) is 115 cm³/mol. The van der Waals surface area contributed by atoms with Gasteiger partial charge in [0.15, 0.2) is 23.6 Å². The molecule has 178 valence electrons. The first kappa shape index (κ1) is 24.4. The minimum Gasteiger partial charge on any atom is -0.467 e. The first-order chi connectivity index (χ1) is 16.3. The number of esters is 1. The molecule has 0 fully saturated rings. The lowest BCUT2D eigenvalue weighted by Crippen LogP contribution is -2.40. The van der Waals surface area contributed by atoms with Crippen molar-refractivity contribution in [3.05, 3.63) is 83.6 Å². The summed E-state index contributed by atoms with van der Waals surface area (Å²) in [6.07, 6.45) is 0.255. The Morgan fingerprint density at radius 2 is 1.74 bits per heavy atom. The highest BCUT2D eigenvalue weighted by atomic mass is 19.2. The van der Waals surface area contributed by atoms with Gasteiger partial charge in [-0.25, -0.2) is 18.0 Å². The van der Waals surface area contributed by atoms with E-state index in [2.05, 4.69) is 10.6 Å². The van der Waals surface area contributed by atoms with Crippen LogP contribution < -0.4 is 16.0 Å². The molecule has 0 saturated heterocycles. The number of rotatable bonds is 9. The number of amides is 2. The van der Waals surface area contributed by atoms with Gasteiger partial charge in [-0.1, -0.05) is 12.1 Å². The molecule has 3 rings (SSSR count). The van der Waals surface area contributed by atoms with Gasteiger partial charge in [0.2, 0.25) is 5.91 Å². The highest BCUT2D eigenvalue weighted by Crippen LogP contribution is 2.20. The maximum absolute atomic E-state index is 13.6. The summed E-state index contributed by atoms with van der Waals surface area (Å²) in [5.41, 5.74) is 0.0565. The Morgan fingerprint density at radius 3 is 2.47 bits per heavy atom. The van der Waals surface area contributed by atoms with E-state index in [1.54, 1.807) is 30.3 Å². The summed E-state index contributed by atoms with van der Waals surface area (Å²) in [4.78, 5) is 36.7. The van der Waals surface area contributed by atoms with Crippen LogP contribution >= 0.6 is 0 Å². The monoisotopic (exact) mass is 475 g/mol. The Bertz CT molecular complexity index is 1180. The molecule has 0 aliphatic carbocycles. The molecular formula is C23H20F3N3O5. The summed E-state index contributed by atoms with van der Waals surface area (Å²) in [6, 6.07) is 11.5. The van der Waals surface area contributed by atoms with Gasteiger partial charge in [0.1, 0.15) is 5.76 Å². The molecule has 1 atom stereocenters. The Labute approximate surface area is 192 Å². The van der Waals surface area contributed by atoms with E-state index < -0.39 is 53.6 Å². The molecule has 3 N–H and O–H groups in total. The number of anilines is 2. The number of carbonyl (C=O) groups excluding carboxylic acids is 3. The van der Waals surface area contributed by atoms with Crippen LogP contribution in [0.3, 0.4) is 0 Å². The number of para-hydroxylation sites is 1. The number of ether oxygens (including phenoxy) is 1. The van der Waals surface area contributed by atoms with Gasteiger partial charge in [-0.2, -0.15) is 0 Å². The Kier molecular flexibility index (Phi) is 7.91. The lowest BCUT2D eigenvalue weighted by Gasteiger charge is -2.15. The molecule has 0 bridgehead atoms. The SMILES string of the molecule is CC(OC(=O)c1ccccc1NCc1ccco1)C(=O)NCC(=O)Nc1ccc(F)c(F)c1F. The zero-order valence-electron chi connectivity index (χ0n) is 17.9. The van der Waals surface area contributed by atoms with Crippen molar-refractivity contribution in [2.75, 3.05) is 17.2 Å². The molecule has 0 saturated carbocycles. The molecule has 3 aromatic rings. The second-order valence-corrected chi connectivity index (χ2v) is 7.01. The molecule has 0 spiro atoms. The van der Waals surface area contributed by atoms with E-state index in [0.717, 1.165) is 6.07 Å². The van der Waals surface area contributed by atoms with E-state index in [0.29, 0.717) is 24.1 Å². The zero-order valence-corrected chi connectivity index (χ0v) is 17.9. The van der Waals surface area contributed by atoms with Gasteiger partial charge in [0.05, 0.1) is 30.6 Å². The molecule has 2 amide bonds. The van der Waals surface area contributed by atoms with Crippen LogP contribution in [-0.4, -0.2) is 30.4 Å². The van der Waals surface area contributed by atoms with Crippen LogP contribution in [0.4, 0.5) is 24.5 Å². The van der Waals surface area contributed by atoms with Crippen molar-refractivity contribution in [1.82, 2.24) is 5.32 Å². The average molecular weight is 475 g/mol. The molecule has 0 radical (unpaired) electrons. The number of furan rings is 1. The second-order valence-electron chi connectivity index (χ2n) is 7.01. The number of hydrogen-bond acceptors (Lipinski definition) is 6. The fourth-order valence-electron chi connectivity index (χ4n) is 2.82. The van der Waals surface area contributed by atoms with Crippen LogP contribution in [0.25, 0.3) is 0 Å². The standard InChI is InChI=1S/C23H20F3N3O5/c1-13(22(31)28-12-19(30)29-18-9-8-16(24)20(25)21(18)26)34-23(32)15-6-2-3-7-17(15)27-11-14-5-4-10-33-14/h2-10,13,27H,11-12H2,1H3,(H,28,31)(H,29,30). The van der Waals surface area contributed by atoms with Crippen LogP contribution in [0.2, 0.25) is 0 Å². The molecule has 34 heavy (non-hydrogen) atoms. The number of halogens is 3. The lowest BCUT2D eigenvalue weighted by atomic mass is 10.1. The molecule has 1 heterocycles. The molecule has 1 unspecified atom stereocenters. The van der Waals surface area contributed by atoms with Crippen molar-refractivity contribution < 1.29 is 36.7 Å². The zero-order chi connectivity index (χ0) is 24.7. The topological polar surface area (TPSA) is 110 Å². The van der Waals surface area contributed by atoms with Crippen molar-refractivity contribution in [3.63, 3.8) is 0 Å². The van der Waals surface area contributed by atoms with Gasteiger partial charge in [-0.15, -0.1) is 0 Å². The van der Waals surface area contributed by atoms with E-state index >= 15 is 0 Å². The van der Waals surface area contributed by atoms with Gasteiger partial charge >= 0.3 is 5.97 Å². The second kappa shape index (κ2) is 11.0. The van der Waals surface area contributed by atoms with E-state index in [1.807, 2.05) is 5.32 Å². The van der Waals surface area contributed by atoms with Gasteiger partial charge in [-0.05, 0) is 43.3 Å². The summed E-state index contributed by atoms with van der Waals surface area (Å²) >= 11 is 0. The third kappa shape index (κ3) is 6.15. The van der Waals surface area contributed by atoms with Gasteiger partial charge in [-0.3, -0.25) is 9.59 Å². The minimum atomic E-state index is -1.73. The first-order valence-corrected chi connectivity index (χ1v) is 10.0. The molecule has 8 nitrogen and oxygen atoms in total. The Balaban J connectivity index is 1.52. The normalized spacial score (nSPS) is 11.4. The molecular weight excluding hydrogens is 455 g/mol. The van der Waals surface area contributed by atoms with Crippen molar-refractivity contribution in [2.45, 2.75) is 19.6 Å². The summed E-state index contributed by atoms with van der Waals surface area (Å²) in [5, 5.41) is 7.28. The van der Waals surface area contributed by atoms with Crippen molar-refractivity contribution in [1.29, 1.82) is 0 Å². The highest BCUT2D eigenvalue weighted by Gasteiger charge is 2.22. The van der Waals surface area contributed by atoms with Gasteiger partial charge < -0.3 is 25.1 Å². The molecule has 0 aliphatic heterocycles. The van der Waals surface area contributed by atoms with E-state index in [-0.39, 0.29) is 5.56 Å². The molecule has 0 aliphatic rings. The highest BCUT2D eigenvalue weighted by molar-refractivity contribution is 5.98. The summed E-state index contributed by atoms with van der Waals surface area (Å²) < 4.78 is 50.3. The van der Waals surface area contributed by atoms with Crippen LogP contribution in [0, 0.1) is 17.5 Å². The molecule has 1 aromatic heterocycles.